The number of hydrogen-bond donors (Lipinski definition) is 1. The van der Waals surface area contributed by atoms with E-state index in [9.17, 15) is 4.79 Å². The molecule has 0 spiro atoms. The minimum absolute atomic E-state index is 0.0382. The zero-order valence-corrected chi connectivity index (χ0v) is 13.6. The lowest BCUT2D eigenvalue weighted by molar-refractivity contribution is 0.598. The number of aryl methyl sites for hydroxylation is 1. The number of nitrogens with zero attached hydrogens (tertiary/aromatic N) is 3. The molecule has 0 bridgehead atoms. The van der Waals surface area contributed by atoms with Crippen LogP contribution in [0, 0.1) is 6.92 Å². The van der Waals surface area contributed by atoms with E-state index in [0.29, 0.717) is 12.4 Å². The van der Waals surface area contributed by atoms with Crippen LogP contribution < -0.4 is 10.9 Å². The van der Waals surface area contributed by atoms with Gasteiger partial charge in [0, 0.05) is 18.8 Å². The molecule has 0 aliphatic heterocycles. The summed E-state index contributed by atoms with van der Waals surface area (Å²) < 4.78 is 1.73. The number of nitrogens with one attached hydrogen (secondary N) is 1. The summed E-state index contributed by atoms with van der Waals surface area (Å²) >= 11 is 0. The van der Waals surface area contributed by atoms with E-state index < -0.39 is 0 Å². The van der Waals surface area contributed by atoms with Crippen molar-refractivity contribution in [3.8, 4) is 0 Å². The smallest absolute Gasteiger partial charge is 0.294 e. The fourth-order valence-electron chi connectivity index (χ4n) is 2.67. The molecule has 23 heavy (non-hydrogen) atoms. The number of pyridine rings is 1. The topological polar surface area (TPSA) is 59.8 Å². The molecule has 0 aliphatic rings. The molecule has 0 atom stereocenters. The molecule has 5 nitrogen and oxygen atoms in total. The maximum atomic E-state index is 12.7. The summed E-state index contributed by atoms with van der Waals surface area (Å²) in [7, 11) is 0. The number of benzene rings is 1. The number of aromatic nitrogens is 3. The molecule has 0 amide bonds. The fraction of sp³-hybridized carbons (Fsp3) is 0.278. The summed E-state index contributed by atoms with van der Waals surface area (Å²) in [6.45, 7) is 6.60. The van der Waals surface area contributed by atoms with E-state index in [1.165, 1.54) is 5.56 Å². The van der Waals surface area contributed by atoms with Crippen molar-refractivity contribution in [2.45, 2.75) is 33.4 Å². The predicted molar refractivity (Wildman–Crippen MR) is 92.7 cm³/mol. The van der Waals surface area contributed by atoms with E-state index in [4.69, 9.17) is 0 Å². The Kier molecular flexibility index (Phi) is 4.10. The molecule has 2 aromatic heterocycles. The molecule has 1 N–H and O–H groups in total. The fourth-order valence-corrected chi connectivity index (χ4v) is 2.67. The average Bonchev–Trinajstić information content (AvgIpc) is 2.54. The van der Waals surface area contributed by atoms with Crippen LogP contribution in [0.3, 0.4) is 0 Å². The highest BCUT2D eigenvalue weighted by atomic mass is 16.1. The molecule has 118 valence electrons. The molecule has 0 unspecified atom stereocenters. The zero-order valence-electron chi connectivity index (χ0n) is 13.6. The minimum Gasteiger partial charge on any atom is -0.361 e. The first kappa shape index (κ1) is 15.2. The molecule has 3 rings (SSSR count). The zero-order chi connectivity index (χ0) is 16.4. The molecule has 3 aromatic rings. The second-order valence-electron chi connectivity index (χ2n) is 5.87. The molecule has 0 fully saturated rings. The highest BCUT2D eigenvalue weighted by Gasteiger charge is 2.13. The first-order chi connectivity index (χ1) is 11.1. The van der Waals surface area contributed by atoms with Crippen LogP contribution in [0.1, 0.15) is 31.0 Å². The van der Waals surface area contributed by atoms with Crippen molar-refractivity contribution in [3.05, 3.63) is 64.2 Å². The first-order valence-corrected chi connectivity index (χ1v) is 7.72. The number of rotatable bonds is 4. The van der Waals surface area contributed by atoms with Gasteiger partial charge in [-0.2, -0.15) is 0 Å². The minimum atomic E-state index is -0.117. The third kappa shape index (κ3) is 2.95. The normalized spacial score (nSPS) is 11.1. The van der Waals surface area contributed by atoms with E-state index in [1.54, 1.807) is 17.0 Å². The number of hydrogen-bond acceptors (Lipinski definition) is 4. The van der Waals surface area contributed by atoms with Crippen molar-refractivity contribution < 1.29 is 0 Å². The molecule has 2 heterocycles. The van der Waals surface area contributed by atoms with Gasteiger partial charge in [-0.3, -0.25) is 14.3 Å². The summed E-state index contributed by atoms with van der Waals surface area (Å²) in [6.07, 6.45) is 3.38. The van der Waals surface area contributed by atoms with Crippen LogP contribution in [0.2, 0.25) is 0 Å². The van der Waals surface area contributed by atoms with Crippen LogP contribution in [0.5, 0.6) is 0 Å². The Labute approximate surface area is 135 Å². The third-order valence-electron chi connectivity index (χ3n) is 3.91. The van der Waals surface area contributed by atoms with E-state index in [-0.39, 0.29) is 11.6 Å². The van der Waals surface area contributed by atoms with Crippen LogP contribution in [-0.4, -0.2) is 14.5 Å². The third-order valence-corrected chi connectivity index (χ3v) is 3.91. The van der Waals surface area contributed by atoms with E-state index in [0.717, 1.165) is 16.6 Å². The first-order valence-electron chi connectivity index (χ1n) is 7.72. The van der Waals surface area contributed by atoms with Crippen LogP contribution in [0.15, 0.2) is 47.5 Å². The van der Waals surface area contributed by atoms with Gasteiger partial charge in [0.05, 0.1) is 17.2 Å². The van der Waals surface area contributed by atoms with Gasteiger partial charge >= 0.3 is 0 Å². The van der Waals surface area contributed by atoms with Crippen LogP contribution in [0.25, 0.3) is 11.0 Å². The SMILES string of the molecule is Cc1ccccc1CNc1nc2ccncc2n(C(C)C)c1=O. The quantitative estimate of drug-likeness (QED) is 0.803. The van der Waals surface area contributed by atoms with Gasteiger partial charge < -0.3 is 5.32 Å². The summed E-state index contributed by atoms with van der Waals surface area (Å²) in [5.41, 5.74) is 3.75. The van der Waals surface area contributed by atoms with Crippen LogP contribution >= 0.6 is 0 Å². The predicted octanol–water partition coefficient (Wildman–Crippen LogP) is 3.29. The summed E-state index contributed by atoms with van der Waals surface area (Å²) in [5.74, 6) is 0.376. The average molecular weight is 308 g/mol. The molecule has 1 aromatic carbocycles. The largest absolute Gasteiger partial charge is 0.361 e. The van der Waals surface area contributed by atoms with Crippen LogP contribution in [-0.2, 0) is 6.54 Å². The number of anilines is 1. The van der Waals surface area contributed by atoms with E-state index in [1.807, 2.05) is 38.1 Å². The van der Waals surface area contributed by atoms with E-state index >= 15 is 0 Å². The van der Waals surface area contributed by atoms with Gasteiger partial charge in [-0.25, -0.2) is 4.98 Å². The molecule has 0 aliphatic carbocycles. The van der Waals surface area contributed by atoms with Gasteiger partial charge in [-0.05, 0) is 38.0 Å². The van der Waals surface area contributed by atoms with Gasteiger partial charge in [0.15, 0.2) is 5.82 Å². The summed E-state index contributed by atoms with van der Waals surface area (Å²) in [6, 6.07) is 9.97. The lowest BCUT2D eigenvalue weighted by atomic mass is 10.1. The van der Waals surface area contributed by atoms with Crippen LogP contribution in [0.4, 0.5) is 5.82 Å². The van der Waals surface area contributed by atoms with Gasteiger partial charge in [0.1, 0.15) is 0 Å². The highest BCUT2D eigenvalue weighted by Crippen LogP contribution is 2.16. The van der Waals surface area contributed by atoms with Crippen molar-refractivity contribution in [3.63, 3.8) is 0 Å². The monoisotopic (exact) mass is 308 g/mol. The standard InChI is InChI=1S/C18H20N4O/c1-12(2)22-16-11-19-9-8-15(16)21-17(18(22)23)20-10-14-7-5-4-6-13(14)3/h4-9,11-12H,10H2,1-3H3,(H,20,21). The molecule has 0 saturated carbocycles. The van der Waals surface area contributed by atoms with Gasteiger partial charge in [-0.1, -0.05) is 24.3 Å². The van der Waals surface area contributed by atoms with Crippen molar-refractivity contribution in [1.82, 2.24) is 14.5 Å². The lowest BCUT2D eigenvalue weighted by Crippen LogP contribution is -2.27. The Morgan fingerprint density at radius 3 is 2.74 bits per heavy atom. The Balaban J connectivity index is 2.03. The van der Waals surface area contributed by atoms with Crippen molar-refractivity contribution in [1.29, 1.82) is 0 Å². The lowest BCUT2D eigenvalue weighted by Gasteiger charge is -2.16. The summed E-state index contributed by atoms with van der Waals surface area (Å²) in [4.78, 5) is 21.3. The Bertz CT molecular complexity index is 899. The molecule has 0 saturated heterocycles. The Morgan fingerprint density at radius 2 is 2.00 bits per heavy atom. The highest BCUT2D eigenvalue weighted by molar-refractivity contribution is 5.75. The molecule has 5 heteroatoms. The Hall–Kier alpha value is -2.69. The maximum Gasteiger partial charge on any atom is 0.294 e. The number of fused-ring (bicyclic) bond motifs is 1. The Morgan fingerprint density at radius 1 is 1.22 bits per heavy atom. The maximum absolute atomic E-state index is 12.7. The second-order valence-corrected chi connectivity index (χ2v) is 5.87. The molecular weight excluding hydrogens is 288 g/mol. The summed E-state index contributed by atoms with van der Waals surface area (Å²) in [5, 5.41) is 3.19. The van der Waals surface area contributed by atoms with E-state index in [2.05, 4.69) is 28.3 Å². The van der Waals surface area contributed by atoms with Gasteiger partial charge in [0.2, 0.25) is 0 Å². The van der Waals surface area contributed by atoms with Gasteiger partial charge in [-0.15, -0.1) is 0 Å². The van der Waals surface area contributed by atoms with Crippen molar-refractivity contribution in [2.24, 2.45) is 0 Å². The molecule has 0 radical (unpaired) electrons. The van der Waals surface area contributed by atoms with Crippen molar-refractivity contribution >= 4 is 16.9 Å². The van der Waals surface area contributed by atoms with Crippen molar-refractivity contribution in [2.75, 3.05) is 5.32 Å². The van der Waals surface area contributed by atoms with Gasteiger partial charge in [0.25, 0.3) is 5.56 Å². The second kappa shape index (κ2) is 6.20. The molecular formula is C18H20N4O.